The van der Waals surface area contributed by atoms with Crippen LogP contribution in [0.25, 0.3) is 0 Å². The smallest absolute Gasteiger partial charge is 0.121 e. The lowest BCUT2D eigenvalue weighted by Gasteiger charge is -1.82. The van der Waals surface area contributed by atoms with Gasteiger partial charge in [-0.25, -0.2) is 0 Å². The lowest BCUT2D eigenvalue weighted by molar-refractivity contribution is 1.39. The molecule has 0 aromatic rings. The van der Waals surface area contributed by atoms with Crippen molar-refractivity contribution in [2.45, 2.75) is 16.6 Å². The van der Waals surface area contributed by atoms with Gasteiger partial charge in [0.15, 0.2) is 0 Å². The predicted molar refractivity (Wildman–Crippen MR) is 47.4 cm³/mol. The van der Waals surface area contributed by atoms with Gasteiger partial charge in [0.2, 0.25) is 0 Å². The van der Waals surface area contributed by atoms with Crippen molar-refractivity contribution in [2.24, 2.45) is 0 Å². The average molecular weight is 232 g/mol. The lowest BCUT2D eigenvalue weighted by Crippen LogP contribution is -1.82. The summed E-state index contributed by atoms with van der Waals surface area (Å²) in [6.07, 6.45) is 0. The van der Waals surface area contributed by atoms with Gasteiger partial charge < -0.3 is 0 Å². The normalized spacial score (nSPS) is 9.33. The Balaban J connectivity index is 0. The number of halogens is 5. The molecule has 0 heterocycles. The number of hydrogen-bond acceptors (Lipinski definition) is 0. The monoisotopic (exact) mass is 230 g/mol. The highest BCUT2D eigenvalue weighted by Crippen LogP contribution is 2.01. The van der Waals surface area contributed by atoms with Crippen molar-refractivity contribution in [3.63, 3.8) is 0 Å². The summed E-state index contributed by atoms with van der Waals surface area (Å²) in [6.45, 7) is 1.70. The fourth-order valence-corrected chi connectivity index (χ4v) is 0. The first-order valence-electron chi connectivity index (χ1n) is 2.13. The third kappa shape index (κ3) is 44.1. The average Bonchev–Trinajstić information content (AvgIpc) is 1.65. The zero-order valence-electron chi connectivity index (χ0n) is 4.75. The van der Waals surface area contributed by atoms with Gasteiger partial charge in [0.1, 0.15) is 9.67 Å². The molecule has 0 aromatic heterocycles. The van der Waals surface area contributed by atoms with E-state index >= 15 is 0 Å². The molecule has 0 aliphatic carbocycles. The van der Waals surface area contributed by atoms with Gasteiger partial charge in [0.25, 0.3) is 0 Å². The van der Waals surface area contributed by atoms with Gasteiger partial charge >= 0.3 is 0 Å². The van der Waals surface area contributed by atoms with Crippen molar-refractivity contribution in [1.29, 1.82) is 0 Å². The number of hydrogen-bond donors (Lipinski definition) is 0. The molecule has 0 bridgehead atoms. The summed E-state index contributed by atoms with van der Waals surface area (Å²) in [5, 5.41) is 0. The quantitative estimate of drug-likeness (QED) is 0.603. The first-order chi connectivity index (χ1) is 4.00. The van der Waals surface area contributed by atoms with Gasteiger partial charge in [-0.3, -0.25) is 0 Å². The molecule has 0 atom stereocenters. The molecular weight excluding hydrogens is 225 g/mol. The minimum absolute atomic E-state index is 0.222. The summed E-state index contributed by atoms with van der Waals surface area (Å²) in [5.41, 5.74) is 0. The Kier molecular flexibility index (Phi) is 13.7. The maximum atomic E-state index is 5.10. The molecule has 0 aromatic carbocycles. The second kappa shape index (κ2) is 9.45. The van der Waals surface area contributed by atoms with E-state index in [4.69, 9.17) is 58.0 Å². The van der Waals surface area contributed by atoms with Gasteiger partial charge in [-0.05, 0) is 6.92 Å². The number of rotatable bonds is 1. The lowest BCUT2D eigenvalue weighted by atomic mass is 10.9. The second-order valence-electron chi connectivity index (χ2n) is 1.06. The third-order valence-electron chi connectivity index (χ3n) is 0.117. The van der Waals surface area contributed by atoms with Crippen LogP contribution in [-0.2, 0) is 0 Å². The van der Waals surface area contributed by atoms with Crippen LogP contribution in [0.4, 0.5) is 0 Å². The Morgan fingerprint density at radius 3 is 1.22 bits per heavy atom. The van der Waals surface area contributed by atoms with E-state index in [1.807, 2.05) is 0 Å². The molecule has 0 saturated heterocycles. The zero-order chi connectivity index (χ0) is 7.86. The third-order valence-corrected chi connectivity index (χ3v) is 1.05. The molecule has 0 rings (SSSR count). The van der Waals surface area contributed by atoms with Gasteiger partial charge in [-0.2, -0.15) is 0 Å². The first kappa shape index (κ1) is 13.1. The highest BCUT2D eigenvalue weighted by molar-refractivity contribution is 6.47. The molecule has 0 spiro atoms. The van der Waals surface area contributed by atoms with Crippen LogP contribution in [0.2, 0.25) is 0 Å². The first-order valence-corrected chi connectivity index (χ1v) is 4.41. The van der Waals surface area contributed by atoms with Crippen molar-refractivity contribution < 1.29 is 0 Å². The molecular formula is C4H7Cl5. The summed E-state index contributed by atoms with van der Waals surface area (Å²) < 4.78 is 0. The van der Waals surface area contributed by atoms with E-state index in [2.05, 4.69) is 0 Å². The summed E-state index contributed by atoms with van der Waals surface area (Å²) in [5.74, 6) is 0.309. The Hall–Kier alpha value is 1.45. The summed E-state index contributed by atoms with van der Waals surface area (Å²) in [6, 6.07) is 0. The minimum atomic E-state index is -0.406. The van der Waals surface area contributed by atoms with E-state index < -0.39 is 4.84 Å². The molecule has 0 N–H and O–H groups in total. The van der Waals surface area contributed by atoms with Crippen molar-refractivity contribution >= 4 is 58.0 Å². The van der Waals surface area contributed by atoms with E-state index in [1.54, 1.807) is 6.92 Å². The van der Waals surface area contributed by atoms with Crippen LogP contribution in [-0.4, -0.2) is 15.6 Å². The van der Waals surface area contributed by atoms with Crippen molar-refractivity contribution in [2.75, 3.05) is 5.88 Å². The van der Waals surface area contributed by atoms with Gasteiger partial charge in [-0.1, -0.05) is 0 Å². The van der Waals surface area contributed by atoms with Crippen LogP contribution in [0.1, 0.15) is 6.92 Å². The molecule has 0 nitrogen and oxygen atoms in total. The maximum Gasteiger partial charge on any atom is 0.121 e. The topological polar surface area (TPSA) is 0 Å². The van der Waals surface area contributed by atoms with Gasteiger partial charge in [0.05, 0.1) is 5.88 Å². The van der Waals surface area contributed by atoms with Crippen molar-refractivity contribution in [3.8, 4) is 0 Å². The second-order valence-corrected chi connectivity index (χ2v) is 4.18. The van der Waals surface area contributed by atoms with E-state index in [-0.39, 0.29) is 4.84 Å². The van der Waals surface area contributed by atoms with Gasteiger partial charge in [-0.15, -0.1) is 58.0 Å². The van der Waals surface area contributed by atoms with Crippen LogP contribution in [0, 0.1) is 0 Å². The van der Waals surface area contributed by atoms with Crippen LogP contribution in [0.15, 0.2) is 0 Å². The molecule has 0 aliphatic rings. The van der Waals surface area contributed by atoms with E-state index in [0.29, 0.717) is 5.88 Å². The molecule has 0 amide bonds. The predicted octanol–water partition coefficient (Wildman–Crippen LogP) is 3.84. The zero-order valence-corrected chi connectivity index (χ0v) is 8.53. The molecule has 9 heavy (non-hydrogen) atoms. The summed E-state index contributed by atoms with van der Waals surface area (Å²) in [7, 11) is 0. The van der Waals surface area contributed by atoms with Crippen LogP contribution in [0.3, 0.4) is 0 Å². The van der Waals surface area contributed by atoms with Crippen molar-refractivity contribution in [3.05, 3.63) is 0 Å². The minimum Gasteiger partial charge on any atom is -0.124 e. The Bertz CT molecular complexity index is 41.5. The van der Waals surface area contributed by atoms with Crippen LogP contribution >= 0.6 is 58.0 Å². The molecule has 0 fully saturated rings. The van der Waals surface area contributed by atoms with Crippen LogP contribution in [0.5, 0.6) is 0 Å². The molecule has 0 radical (unpaired) electrons. The molecule has 5 heteroatoms. The van der Waals surface area contributed by atoms with E-state index in [1.165, 1.54) is 0 Å². The fourth-order valence-electron chi connectivity index (χ4n) is 0. The Labute approximate surface area is 80.4 Å². The van der Waals surface area contributed by atoms with Crippen molar-refractivity contribution in [1.82, 2.24) is 0 Å². The molecule has 0 saturated carbocycles. The fraction of sp³-hybridized carbons (Fsp3) is 1.00. The Morgan fingerprint density at radius 2 is 1.22 bits per heavy atom. The molecule has 58 valence electrons. The highest BCUT2D eigenvalue weighted by Gasteiger charge is 1.88. The summed E-state index contributed by atoms with van der Waals surface area (Å²) >= 11 is 25.3. The highest BCUT2D eigenvalue weighted by atomic mass is 35.5. The Morgan fingerprint density at radius 1 is 1.11 bits per heavy atom. The maximum absolute atomic E-state index is 5.10. The molecule has 0 aliphatic heterocycles. The standard InChI is InChI=1S/C2H3Cl3.C2H4Cl2/c3-1-2(4)5;1-2(3)4/h2H,1H2;2H,1H3. The van der Waals surface area contributed by atoms with E-state index in [9.17, 15) is 0 Å². The SMILES string of the molecule is CC(Cl)Cl.ClCC(Cl)Cl. The van der Waals surface area contributed by atoms with E-state index in [0.717, 1.165) is 0 Å². The summed E-state index contributed by atoms with van der Waals surface area (Å²) in [4.78, 5) is -0.628. The number of alkyl halides is 5. The molecule has 0 unspecified atom stereocenters. The van der Waals surface area contributed by atoms with Gasteiger partial charge in [0, 0.05) is 0 Å². The van der Waals surface area contributed by atoms with Crippen LogP contribution < -0.4 is 0 Å². The largest absolute Gasteiger partial charge is 0.124 e.